The van der Waals surface area contributed by atoms with Crippen molar-refractivity contribution in [1.82, 2.24) is 4.90 Å². The maximum atomic E-state index is 11.3. The molecule has 5 nitrogen and oxygen atoms in total. The van der Waals surface area contributed by atoms with E-state index in [9.17, 15) is 4.79 Å². The molecule has 1 saturated heterocycles. The second-order valence-corrected chi connectivity index (χ2v) is 6.63. The molecule has 0 atom stereocenters. The Kier molecular flexibility index (Phi) is 5.73. The highest BCUT2D eigenvalue weighted by molar-refractivity contribution is 7.80. The third-order valence-corrected chi connectivity index (χ3v) is 4.89. The van der Waals surface area contributed by atoms with E-state index in [2.05, 4.69) is 27.2 Å². The van der Waals surface area contributed by atoms with E-state index in [0.717, 1.165) is 37.6 Å². The highest BCUT2D eigenvalue weighted by Gasteiger charge is 2.19. The van der Waals surface area contributed by atoms with Crippen LogP contribution in [0.15, 0.2) is 48.5 Å². The summed E-state index contributed by atoms with van der Waals surface area (Å²) in [4.78, 5) is 15.9. The molecule has 1 fully saturated rings. The van der Waals surface area contributed by atoms with E-state index in [0.29, 0.717) is 10.7 Å². The number of ether oxygens (including phenoxy) is 1. The first kappa shape index (κ1) is 18.2. The Hall–Kier alpha value is -2.60. The normalized spacial score (nSPS) is 14.1. The van der Waals surface area contributed by atoms with Crippen LogP contribution < -0.4 is 15.0 Å². The van der Waals surface area contributed by atoms with E-state index in [-0.39, 0.29) is 5.78 Å². The van der Waals surface area contributed by atoms with Crippen LogP contribution in [0.3, 0.4) is 0 Å². The number of nitrogens with one attached hydrogen (secondary N) is 1. The van der Waals surface area contributed by atoms with Crippen LogP contribution in [0, 0.1) is 0 Å². The molecule has 1 heterocycles. The molecule has 0 bridgehead atoms. The quantitative estimate of drug-likeness (QED) is 0.658. The topological polar surface area (TPSA) is 44.8 Å². The molecule has 0 spiro atoms. The first-order chi connectivity index (χ1) is 12.6. The molecule has 136 valence electrons. The summed E-state index contributed by atoms with van der Waals surface area (Å²) < 4.78 is 5.31. The van der Waals surface area contributed by atoms with E-state index in [4.69, 9.17) is 17.0 Å². The molecule has 0 aliphatic carbocycles. The maximum absolute atomic E-state index is 11.3. The fourth-order valence-corrected chi connectivity index (χ4v) is 3.27. The SMILES string of the molecule is COc1cccc(N2CCN(C(=S)Nc3ccc(C(C)=O)cc3)CC2)c1. The third kappa shape index (κ3) is 4.32. The van der Waals surface area contributed by atoms with Gasteiger partial charge in [-0.25, -0.2) is 0 Å². The zero-order valence-corrected chi connectivity index (χ0v) is 15.9. The smallest absolute Gasteiger partial charge is 0.173 e. The van der Waals surface area contributed by atoms with Crippen LogP contribution in [-0.2, 0) is 0 Å². The molecule has 1 N–H and O–H groups in total. The zero-order chi connectivity index (χ0) is 18.5. The summed E-state index contributed by atoms with van der Waals surface area (Å²) in [6, 6.07) is 15.5. The molecular formula is C20H23N3O2S. The Morgan fingerprint density at radius 2 is 1.77 bits per heavy atom. The van der Waals surface area contributed by atoms with Crippen molar-refractivity contribution in [3.63, 3.8) is 0 Å². The summed E-state index contributed by atoms with van der Waals surface area (Å²) in [5, 5.41) is 3.97. The Balaban J connectivity index is 1.55. The minimum atomic E-state index is 0.0628. The Bertz CT molecular complexity index is 784. The summed E-state index contributed by atoms with van der Waals surface area (Å²) >= 11 is 5.54. The molecule has 1 aliphatic heterocycles. The van der Waals surface area contributed by atoms with E-state index in [1.807, 2.05) is 36.4 Å². The van der Waals surface area contributed by atoms with Gasteiger partial charge in [0, 0.05) is 49.2 Å². The fourth-order valence-electron chi connectivity index (χ4n) is 2.97. The lowest BCUT2D eigenvalue weighted by molar-refractivity contribution is 0.101. The van der Waals surface area contributed by atoms with Gasteiger partial charge in [-0.1, -0.05) is 6.07 Å². The molecule has 6 heteroatoms. The molecule has 1 aliphatic rings. The second kappa shape index (κ2) is 8.19. The number of carbonyl (C=O) groups excluding carboxylic acids is 1. The van der Waals surface area contributed by atoms with Crippen LogP contribution in [0.5, 0.6) is 5.75 Å². The Labute approximate surface area is 159 Å². The van der Waals surface area contributed by atoms with Gasteiger partial charge in [0.15, 0.2) is 10.9 Å². The number of benzene rings is 2. The number of nitrogens with zero attached hydrogens (tertiary/aromatic N) is 2. The van der Waals surface area contributed by atoms with Crippen LogP contribution in [0.2, 0.25) is 0 Å². The van der Waals surface area contributed by atoms with Gasteiger partial charge in [-0.3, -0.25) is 4.79 Å². The van der Waals surface area contributed by atoms with E-state index < -0.39 is 0 Å². The predicted octanol–water partition coefficient (Wildman–Crippen LogP) is 3.42. The van der Waals surface area contributed by atoms with Crippen molar-refractivity contribution in [1.29, 1.82) is 0 Å². The monoisotopic (exact) mass is 369 g/mol. The molecular weight excluding hydrogens is 346 g/mol. The lowest BCUT2D eigenvalue weighted by atomic mass is 10.1. The highest BCUT2D eigenvalue weighted by Crippen LogP contribution is 2.22. The number of piperazine rings is 1. The molecule has 0 unspecified atom stereocenters. The largest absolute Gasteiger partial charge is 0.497 e. The van der Waals surface area contributed by atoms with E-state index in [1.165, 1.54) is 5.69 Å². The lowest BCUT2D eigenvalue weighted by Gasteiger charge is -2.37. The van der Waals surface area contributed by atoms with Crippen LogP contribution >= 0.6 is 12.2 Å². The second-order valence-electron chi connectivity index (χ2n) is 6.24. The minimum absolute atomic E-state index is 0.0628. The van der Waals surface area contributed by atoms with Crippen LogP contribution in [-0.4, -0.2) is 49.1 Å². The van der Waals surface area contributed by atoms with Crippen molar-refractivity contribution in [2.75, 3.05) is 43.5 Å². The molecule has 0 saturated carbocycles. The van der Waals surface area contributed by atoms with Crippen molar-refractivity contribution in [3.05, 3.63) is 54.1 Å². The van der Waals surface area contributed by atoms with Gasteiger partial charge in [-0.2, -0.15) is 0 Å². The Morgan fingerprint density at radius 1 is 1.08 bits per heavy atom. The summed E-state index contributed by atoms with van der Waals surface area (Å²) in [5.41, 5.74) is 2.77. The van der Waals surface area contributed by atoms with E-state index >= 15 is 0 Å². The zero-order valence-electron chi connectivity index (χ0n) is 15.1. The van der Waals surface area contributed by atoms with Crippen molar-refractivity contribution in [2.45, 2.75) is 6.92 Å². The standard InChI is InChI=1S/C20H23N3O2S/c1-15(24)16-6-8-17(9-7-16)21-20(26)23-12-10-22(11-13-23)18-4-3-5-19(14-18)25-2/h3-9,14H,10-13H2,1-2H3,(H,21,26). The minimum Gasteiger partial charge on any atom is -0.497 e. The van der Waals surface area contributed by atoms with Gasteiger partial charge in [0.1, 0.15) is 5.75 Å². The maximum Gasteiger partial charge on any atom is 0.173 e. The van der Waals surface area contributed by atoms with Gasteiger partial charge in [0.05, 0.1) is 7.11 Å². The highest BCUT2D eigenvalue weighted by atomic mass is 32.1. The number of methoxy groups -OCH3 is 1. The van der Waals surface area contributed by atoms with Crippen molar-refractivity contribution in [2.24, 2.45) is 0 Å². The molecule has 3 rings (SSSR count). The molecule has 2 aromatic carbocycles. The predicted molar refractivity (Wildman–Crippen MR) is 109 cm³/mol. The van der Waals surface area contributed by atoms with Crippen LogP contribution in [0.4, 0.5) is 11.4 Å². The number of carbonyl (C=O) groups is 1. The lowest BCUT2D eigenvalue weighted by Crippen LogP contribution is -2.50. The van der Waals surface area contributed by atoms with Crippen molar-refractivity contribution < 1.29 is 9.53 Å². The summed E-state index contributed by atoms with van der Waals surface area (Å²) in [6.45, 7) is 5.08. The van der Waals surface area contributed by atoms with Crippen LogP contribution in [0.1, 0.15) is 17.3 Å². The van der Waals surface area contributed by atoms with E-state index in [1.54, 1.807) is 14.0 Å². The van der Waals surface area contributed by atoms with Gasteiger partial charge in [-0.15, -0.1) is 0 Å². The Morgan fingerprint density at radius 3 is 2.38 bits per heavy atom. The van der Waals surface area contributed by atoms with Gasteiger partial charge >= 0.3 is 0 Å². The number of ketones is 1. The third-order valence-electron chi connectivity index (χ3n) is 4.53. The average Bonchev–Trinajstić information content (AvgIpc) is 2.68. The van der Waals surface area contributed by atoms with Crippen molar-refractivity contribution in [3.8, 4) is 5.75 Å². The summed E-state index contributed by atoms with van der Waals surface area (Å²) in [5.74, 6) is 0.934. The number of anilines is 2. The molecule has 0 radical (unpaired) electrons. The molecule has 0 amide bonds. The van der Waals surface area contributed by atoms with Gasteiger partial charge in [0.2, 0.25) is 0 Å². The number of thiocarbonyl (C=S) groups is 1. The number of Topliss-reactive ketones (excluding diaryl/α,β-unsaturated/α-hetero) is 1. The van der Waals surface area contributed by atoms with Crippen molar-refractivity contribution >= 4 is 34.5 Å². The first-order valence-electron chi connectivity index (χ1n) is 8.63. The van der Waals surface area contributed by atoms with Gasteiger partial charge in [-0.05, 0) is 55.5 Å². The fraction of sp³-hybridized carbons (Fsp3) is 0.300. The average molecular weight is 369 g/mol. The molecule has 0 aromatic heterocycles. The first-order valence-corrected chi connectivity index (χ1v) is 9.03. The number of rotatable bonds is 4. The summed E-state index contributed by atoms with van der Waals surface area (Å²) in [6.07, 6.45) is 0. The van der Waals surface area contributed by atoms with Gasteiger partial charge < -0.3 is 19.9 Å². The molecule has 2 aromatic rings. The van der Waals surface area contributed by atoms with Crippen LogP contribution in [0.25, 0.3) is 0 Å². The number of hydrogen-bond donors (Lipinski definition) is 1. The van der Waals surface area contributed by atoms with Gasteiger partial charge in [0.25, 0.3) is 0 Å². The molecule has 26 heavy (non-hydrogen) atoms. The summed E-state index contributed by atoms with van der Waals surface area (Å²) in [7, 11) is 1.68. The number of hydrogen-bond acceptors (Lipinski definition) is 4.